The zero-order valence-electron chi connectivity index (χ0n) is 8.24. The quantitative estimate of drug-likeness (QED) is 0.463. The van der Waals surface area contributed by atoms with Crippen molar-refractivity contribution in [3.8, 4) is 0 Å². The molecule has 0 bridgehead atoms. The van der Waals surface area contributed by atoms with Crippen molar-refractivity contribution in [1.82, 2.24) is 0 Å². The van der Waals surface area contributed by atoms with E-state index in [0.717, 1.165) is 5.56 Å². The Bertz CT molecular complexity index is 262. The zero-order chi connectivity index (χ0) is 8.65. The molecule has 2 aromatic rings. The van der Waals surface area contributed by atoms with Crippen LogP contribution >= 0.6 is 0 Å². The van der Waals surface area contributed by atoms with Gasteiger partial charge in [0.25, 0.3) is 0 Å². The summed E-state index contributed by atoms with van der Waals surface area (Å²) in [5.41, 5.74) is 1.07. The van der Waals surface area contributed by atoms with Crippen molar-refractivity contribution in [2.75, 3.05) is 0 Å². The molecule has 0 atom stereocenters. The van der Waals surface area contributed by atoms with Crippen molar-refractivity contribution in [2.45, 2.75) is 0 Å². The van der Waals surface area contributed by atoms with Crippen molar-refractivity contribution in [3.63, 3.8) is 0 Å². The summed E-state index contributed by atoms with van der Waals surface area (Å²) >= 11 is 0. The average Bonchev–Trinajstić information content (AvgIpc) is 2.62. The van der Waals surface area contributed by atoms with Crippen molar-refractivity contribution >= 4 is 0 Å². The maximum atomic E-state index is 3.72. The van der Waals surface area contributed by atoms with Gasteiger partial charge in [-0.15, -0.1) is 12.1 Å². The first-order chi connectivity index (χ1) is 5.89. The van der Waals surface area contributed by atoms with Crippen molar-refractivity contribution in [2.24, 2.45) is 0 Å². The number of halogens is 2. The van der Waals surface area contributed by atoms with Crippen LogP contribution in [0.3, 0.4) is 0 Å². The molecule has 0 nitrogen and oxygen atoms in total. The van der Waals surface area contributed by atoms with Gasteiger partial charge in [-0.05, 0) is 0 Å². The predicted octanol–water partition coefficient (Wildman–Crippen LogP) is -2.72. The minimum absolute atomic E-state index is 0. The van der Waals surface area contributed by atoms with Gasteiger partial charge in [-0.25, -0.2) is 12.1 Å². The second kappa shape index (κ2) is 13.9. The molecule has 2 rings (SSSR count). The summed E-state index contributed by atoms with van der Waals surface area (Å²) in [4.78, 5) is 0. The number of rotatable bonds is 0. The van der Waals surface area contributed by atoms with Crippen LogP contribution in [-0.4, -0.2) is 0 Å². The summed E-state index contributed by atoms with van der Waals surface area (Å²) in [6.07, 6.45) is 0. The molecule has 2 aromatic carbocycles. The van der Waals surface area contributed by atoms with Gasteiger partial charge in [0.1, 0.15) is 0 Å². The molecule has 3 heteroatoms. The molecule has 0 heterocycles. The third-order valence-corrected chi connectivity index (χ3v) is 1.40. The maximum absolute atomic E-state index is 3.72. The van der Waals surface area contributed by atoms with E-state index in [1.165, 1.54) is 0 Å². The minimum atomic E-state index is 0. The normalized spacial score (nSPS) is 6.67. The summed E-state index contributed by atoms with van der Waals surface area (Å²) < 4.78 is 0. The number of hydrogen-bond donors (Lipinski definition) is 0. The third-order valence-electron chi connectivity index (χ3n) is 1.40. The fraction of sp³-hybridized carbons (Fsp3) is 0. The molecule has 78 valence electrons. The molecule has 0 radical (unpaired) electrons. The molecule has 0 amide bonds. The van der Waals surface area contributed by atoms with Gasteiger partial charge in [-0.1, -0.05) is 6.07 Å². The summed E-state index contributed by atoms with van der Waals surface area (Å²) in [5, 5.41) is 0. The van der Waals surface area contributed by atoms with E-state index in [2.05, 4.69) is 6.92 Å². The molecule has 0 aliphatic heterocycles. The van der Waals surface area contributed by atoms with Crippen molar-refractivity contribution < 1.29 is 51.0 Å². The van der Waals surface area contributed by atoms with Gasteiger partial charge >= 0.3 is 26.2 Å². The van der Waals surface area contributed by atoms with Crippen LogP contribution < -0.4 is 24.8 Å². The zero-order valence-corrected chi connectivity index (χ0v) is 12.2. The molecule has 0 spiro atoms. The Hall–Kier alpha value is -0.0969. The number of hydrogen-bond acceptors (Lipinski definition) is 0. The molecule has 0 unspecified atom stereocenters. The summed E-state index contributed by atoms with van der Waals surface area (Å²) in [5.74, 6) is 0. The molecular formula is C12H12Cl2Zr. The van der Waals surface area contributed by atoms with E-state index < -0.39 is 0 Å². The summed E-state index contributed by atoms with van der Waals surface area (Å²) in [6.45, 7) is 3.72. The van der Waals surface area contributed by atoms with Crippen LogP contribution in [0.4, 0.5) is 0 Å². The molecular weight excluding hydrogens is 306 g/mol. The Morgan fingerprint density at radius 2 is 1.27 bits per heavy atom. The largest absolute Gasteiger partial charge is 4.00 e. The first-order valence-corrected chi connectivity index (χ1v) is 3.93. The van der Waals surface area contributed by atoms with Crippen molar-refractivity contribution in [1.29, 1.82) is 0 Å². The van der Waals surface area contributed by atoms with Gasteiger partial charge in [0.15, 0.2) is 0 Å². The Kier molecular flexibility index (Phi) is 18.8. The van der Waals surface area contributed by atoms with E-state index >= 15 is 0 Å². The van der Waals surface area contributed by atoms with Gasteiger partial charge in [0, 0.05) is 0 Å². The second-order valence-electron chi connectivity index (χ2n) is 2.45. The SMILES string of the molecule is [CH2-]c1ccccc1.[Cl-].[Cl-].[Zr+4].c1cc[cH-]c1. The molecule has 0 aliphatic carbocycles. The van der Waals surface area contributed by atoms with E-state index in [1.807, 2.05) is 60.7 Å². The van der Waals surface area contributed by atoms with E-state index in [-0.39, 0.29) is 51.0 Å². The Morgan fingerprint density at radius 3 is 1.47 bits per heavy atom. The first kappa shape index (κ1) is 20.3. The molecule has 15 heavy (non-hydrogen) atoms. The van der Waals surface area contributed by atoms with Crippen LogP contribution in [0.5, 0.6) is 0 Å². The van der Waals surface area contributed by atoms with Crippen molar-refractivity contribution in [3.05, 3.63) is 73.2 Å². The fourth-order valence-corrected chi connectivity index (χ4v) is 0.799. The van der Waals surface area contributed by atoms with Crippen LogP contribution in [0, 0.1) is 6.92 Å². The maximum Gasteiger partial charge on any atom is 4.00 e. The first-order valence-electron chi connectivity index (χ1n) is 3.93. The summed E-state index contributed by atoms with van der Waals surface area (Å²) in [7, 11) is 0. The molecule has 0 saturated heterocycles. The molecule has 0 aromatic heterocycles. The minimum Gasteiger partial charge on any atom is -1.00 e. The van der Waals surface area contributed by atoms with E-state index in [4.69, 9.17) is 0 Å². The van der Waals surface area contributed by atoms with Crippen LogP contribution in [0.15, 0.2) is 60.7 Å². The van der Waals surface area contributed by atoms with E-state index in [9.17, 15) is 0 Å². The number of benzene rings is 1. The monoisotopic (exact) mass is 316 g/mol. The Morgan fingerprint density at radius 1 is 0.800 bits per heavy atom. The van der Waals surface area contributed by atoms with Crippen LogP contribution in [-0.2, 0) is 26.2 Å². The smallest absolute Gasteiger partial charge is 1.00 e. The second-order valence-corrected chi connectivity index (χ2v) is 2.45. The van der Waals surface area contributed by atoms with Gasteiger partial charge in [-0.2, -0.15) is 42.8 Å². The molecule has 0 aliphatic rings. The topological polar surface area (TPSA) is 0 Å². The average molecular weight is 318 g/mol. The predicted molar refractivity (Wildman–Crippen MR) is 52.9 cm³/mol. The van der Waals surface area contributed by atoms with Gasteiger partial charge in [0.2, 0.25) is 0 Å². The third kappa shape index (κ3) is 11.8. The van der Waals surface area contributed by atoms with Gasteiger partial charge < -0.3 is 24.8 Å². The molecule has 0 N–H and O–H groups in total. The molecule has 0 saturated carbocycles. The van der Waals surface area contributed by atoms with E-state index in [0.29, 0.717) is 0 Å². The molecule has 0 fully saturated rings. The van der Waals surface area contributed by atoms with Gasteiger partial charge in [0.05, 0.1) is 0 Å². The van der Waals surface area contributed by atoms with Crippen LogP contribution in [0.25, 0.3) is 0 Å². The van der Waals surface area contributed by atoms with E-state index in [1.54, 1.807) is 0 Å². The van der Waals surface area contributed by atoms with Crippen LogP contribution in [0.1, 0.15) is 5.56 Å². The Balaban J connectivity index is -0.000000165. The van der Waals surface area contributed by atoms with Gasteiger partial charge in [-0.3, -0.25) is 0 Å². The summed E-state index contributed by atoms with van der Waals surface area (Å²) in [6, 6.07) is 19.9. The Labute approximate surface area is 123 Å². The van der Waals surface area contributed by atoms with Crippen LogP contribution in [0.2, 0.25) is 0 Å². The standard InChI is InChI=1S/C7H7.C5H5.2ClH.Zr/c1-7-5-3-2-4-6-7;1-2-4-5-3-1;;;/h2-6H,1H2;1-5H;2*1H;/q2*-1;;;+4/p-2. The fourth-order valence-electron chi connectivity index (χ4n) is 0.799.